The van der Waals surface area contributed by atoms with E-state index in [9.17, 15) is 35.9 Å². The van der Waals surface area contributed by atoms with Gasteiger partial charge in [0.15, 0.2) is 10.8 Å². The second-order valence-corrected chi connectivity index (χ2v) is 9.65. The summed E-state index contributed by atoms with van der Waals surface area (Å²) in [5.74, 6) is -0.428. The van der Waals surface area contributed by atoms with E-state index in [-0.39, 0.29) is 47.1 Å². The van der Waals surface area contributed by atoms with Crippen LogP contribution in [-0.2, 0) is 17.1 Å². The third-order valence-electron chi connectivity index (χ3n) is 6.30. The molecule has 7 nitrogen and oxygen atoms in total. The highest BCUT2D eigenvalue weighted by molar-refractivity contribution is 7.80. The molecule has 1 fully saturated rings. The van der Waals surface area contributed by atoms with Crippen LogP contribution in [0.1, 0.15) is 31.4 Å². The number of fused-ring (bicyclic) bond motifs is 1. The van der Waals surface area contributed by atoms with Gasteiger partial charge in [0.25, 0.3) is 5.91 Å². The highest BCUT2D eigenvalue weighted by Crippen LogP contribution is 2.41. The number of hydrogen-bond acceptors (Lipinski definition) is 5. The number of ether oxygens (including phenoxy) is 1. The first-order chi connectivity index (χ1) is 18.6. The average molecular weight is 584 g/mol. The van der Waals surface area contributed by atoms with E-state index < -0.39 is 46.2 Å². The zero-order valence-electron chi connectivity index (χ0n) is 20.8. The molecular formula is C26H19F6N3O4S. The zero-order valence-corrected chi connectivity index (χ0v) is 21.6. The molecule has 1 amide bonds. The maximum absolute atomic E-state index is 13.5. The van der Waals surface area contributed by atoms with E-state index in [4.69, 9.17) is 27.9 Å². The number of halogens is 6. The number of carbonyl (C=O) groups is 1. The van der Waals surface area contributed by atoms with Crippen molar-refractivity contribution < 1.29 is 40.3 Å². The fourth-order valence-corrected chi connectivity index (χ4v) is 4.81. The highest BCUT2D eigenvalue weighted by atomic mass is 32.1. The average Bonchev–Trinajstić information content (AvgIpc) is 3.03. The molecule has 4 rings (SSSR count). The summed E-state index contributed by atoms with van der Waals surface area (Å²) < 4.78 is 90.6. The minimum Gasteiger partial charge on any atom is -0.493 e. The van der Waals surface area contributed by atoms with Crippen LogP contribution in [0.2, 0.25) is 0 Å². The van der Waals surface area contributed by atoms with Crippen LogP contribution in [-0.4, -0.2) is 34.6 Å². The fourth-order valence-electron chi connectivity index (χ4n) is 4.31. The van der Waals surface area contributed by atoms with Gasteiger partial charge in [0, 0.05) is 29.8 Å². The summed E-state index contributed by atoms with van der Waals surface area (Å²) in [6, 6.07) is 6.86. The van der Waals surface area contributed by atoms with Gasteiger partial charge in [-0.25, -0.2) is 9.64 Å². The molecule has 2 aromatic carbocycles. The maximum Gasteiger partial charge on any atom is 0.417 e. The largest absolute Gasteiger partial charge is 0.493 e. The lowest BCUT2D eigenvalue weighted by Gasteiger charge is -2.29. The number of rotatable bonds is 6. The second-order valence-electron chi connectivity index (χ2n) is 9.28. The zero-order chi connectivity index (χ0) is 29.6. The summed E-state index contributed by atoms with van der Waals surface area (Å²) in [6.07, 6.45) is -9.30. The number of amides is 1. The van der Waals surface area contributed by atoms with Crippen molar-refractivity contribution >= 4 is 45.6 Å². The predicted molar refractivity (Wildman–Crippen MR) is 136 cm³/mol. The van der Waals surface area contributed by atoms with E-state index in [1.165, 1.54) is 17.0 Å². The maximum atomic E-state index is 13.5. The molecule has 2 heterocycles. The number of carbonyl (C=O) groups excluding carboxylic acids is 1. The van der Waals surface area contributed by atoms with Crippen LogP contribution in [0.4, 0.5) is 37.7 Å². The lowest BCUT2D eigenvalue weighted by Crippen LogP contribution is -2.44. The van der Waals surface area contributed by atoms with Crippen molar-refractivity contribution in [3.63, 3.8) is 0 Å². The van der Waals surface area contributed by atoms with Gasteiger partial charge < -0.3 is 14.1 Å². The van der Waals surface area contributed by atoms with Crippen LogP contribution in [0.3, 0.4) is 0 Å². The number of alkyl halides is 6. The third-order valence-corrected chi connectivity index (χ3v) is 6.71. The van der Waals surface area contributed by atoms with Gasteiger partial charge in [0.05, 0.1) is 24.3 Å². The molecule has 1 saturated heterocycles. The Morgan fingerprint density at radius 3 is 2.30 bits per heavy atom. The van der Waals surface area contributed by atoms with Gasteiger partial charge in [-0.05, 0) is 56.8 Å². The number of nitrogens with zero attached hydrogens (tertiary/aromatic N) is 3. The molecule has 210 valence electrons. The van der Waals surface area contributed by atoms with E-state index in [0.717, 1.165) is 23.1 Å². The van der Waals surface area contributed by atoms with Crippen molar-refractivity contribution in [3.8, 4) is 5.75 Å². The van der Waals surface area contributed by atoms with Crippen LogP contribution in [0.5, 0.6) is 5.75 Å². The Balaban J connectivity index is 1.48. The van der Waals surface area contributed by atoms with E-state index in [1.54, 1.807) is 13.8 Å². The third kappa shape index (κ3) is 5.33. The molecule has 1 aliphatic heterocycles. The van der Waals surface area contributed by atoms with Crippen molar-refractivity contribution in [2.75, 3.05) is 18.1 Å². The summed E-state index contributed by atoms with van der Waals surface area (Å²) in [5, 5.41) is -0.342. The van der Waals surface area contributed by atoms with Gasteiger partial charge in [-0.3, -0.25) is 9.69 Å². The SMILES string of the molecule is [C-]#[N+]c1ccc(N2C(=O)C(C)(C)N(CCCOc3ccc4c(C(F)(F)F)cc(=O)oc4c3)C2=S)cc1C(F)(F)F. The van der Waals surface area contributed by atoms with Crippen LogP contribution in [0.15, 0.2) is 51.7 Å². The molecule has 0 bridgehead atoms. The van der Waals surface area contributed by atoms with Crippen LogP contribution >= 0.6 is 12.2 Å². The fraction of sp³-hybridized carbons (Fsp3) is 0.308. The molecule has 0 N–H and O–H groups in total. The van der Waals surface area contributed by atoms with Crippen molar-refractivity contribution in [1.29, 1.82) is 0 Å². The van der Waals surface area contributed by atoms with E-state index in [1.807, 2.05) is 0 Å². The summed E-state index contributed by atoms with van der Waals surface area (Å²) >= 11 is 5.43. The molecule has 0 radical (unpaired) electrons. The lowest BCUT2D eigenvalue weighted by molar-refractivity contribution is -0.137. The molecule has 14 heteroatoms. The molecule has 1 aromatic heterocycles. The standard InChI is InChI=1S/C26H19F6N3O4S/c1-24(2)22(37)35(14-5-8-19(33-3)18(11-14)26(30,31)32)23(40)34(24)9-4-10-38-15-6-7-16-17(25(27,28)29)13-21(36)39-20(16)12-15/h5-8,11-13H,4,9-10H2,1-2H3. The van der Waals surface area contributed by atoms with Gasteiger partial charge in [0.1, 0.15) is 16.9 Å². The second kappa shape index (κ2) is 10.1. The molecular weight excluding hydrogens is 564 g/mol. The quantitative estimate of drug-likeness (QED) is 0.108. The number of benzene rings is 2. The monoisotopic (exact) mass is 583 g/mol. The van der Waals surface area contributed by atoms with Crippen LogP contribution in [0.25, 0.3) is 15.8 Å². The molecule has 0 unspecified atom stereocenters. The Labute approximate surface area is 228 Å². The van der Waals surface area contributed by atoms with Gasteiger partial charge in [0.2, 0.25) is 0 Å². The molecule has 1 aliphatic rings. The molecule has 40 heavy (non-hydrogen) atoms. The number of thiocarbonyl (C=S) groups is 1. The summed E-state index contributed by atoms with van der Waals surface area (Å²) in [5.41, 5.74) is -5.73. The first kappa shape index (κ1) is 28.9. The van der Waals surface area contributed by atoms with Crippen LogP contribution < -0.4 is 15.3 Å². The van der Waals surface area contributed by atoms with E-state index in [0.29, 0.717) is 12.1 Å². The van der Waals surface area contributed by atoms with E-state index in [2.05, 4.69) is 4.85 Å². The summed E-state index contributed by atoms with van der Waals surface area (Å²) in [4.78, 5) is 30.2. The summed E-state index contributed by atoms with van der Waals surface area (Å²) in [7, 11) is 0. The van der Waals surface area contributed by atoms with Crippen LogP contribution in [0, 0.1) is 6.57 Å². The summed E-state index contributed by atoms with van der Waals surface area (Å²) in [6.45, 7) is 10.3. The van der Waals surface area contributed by atoms with Crippen molar-refractivity contribution in [1.82, 2.24) is 4.90 Å². The van der Waals surface area contributed by atoms with Gasteiger partial charge >= 0.3 is 18.0 Å². The Kier molecular flexibility index (Phi) is 7.31. The molecule has 0 saturated carbocycles. The lowest BCUT2D eigenvalue weighted by atomic mass is 10.0. The number of hydrogen-bond donors (Lipinski definition) is 0. The van der Waals surface area contributed by atoms with Gasteiger partial charge in [-0.15, -0.1) is 0 Å². The normalized spacial score (nSPS) is 15.6. The van der Waals surface area contributed by atoms with E-state index >= 15 is 0 Å². The molecule has 0 spiro atoms. The minimum atomic E-state index is -4.81. The Morgan fingerprint density at radius 2 is 1.68 bits per heavy atom. The highest BCUT2D eigenvalue weighted by Gasteiger charge is 2.49. The van der Waals surface area contributed by atoms with Crippen molar-refractivity contribution in [2.45, 2.75) is 38.2 Å². The first-order valence-corrected chi connectivity index (χ1v) is 12.0. The van der Waals surface area contributed by atoms with Gasteiger partial charge in [-0.2, -0.15) is 26.3 Å². The molecule has 3 aromatic rings. The van der Waals surface area contributed by atoms with Crippen molar-refractivity contribution in [3.05, 3.63) is 75.4 Å². The van der Waals surface area contributed by atoms with Crippen molar-refractivity contribution in [2.24, 2.45) is 0 Å². The number of anilines is 1. The minimum absolute atomic E-state index is 0.0238. The smallest absolute Gasteiger partial charge is 0.417 e. The predicted octanol–water partition coefficient (Wildman–Crippen LogP) is 6.56. The molecule has 0 atom stereocenters. The first-order valence-electron chi connectivity index (χ1n) is 11.6. The van der Waals surface area contributed by atoms with Gasteiger partial charge in [-0.1, -0.05) is 6.07 Å². The topological polar surface area (TPSA) is 67.3 Å². The molecule has 0 aliphatic carbocycles. The Morgan fingerprint density at radius 1 is 1.00 bits per heavy atom. The Hall–Kier alpha value is -4.12. The Bertz CT molecular complexity index is 1610.